The number of benzene rings is 1. The van der Waals surface area contributed by atoms with Gasteiger partial charge in [-0.25, -0.2) is 0 Å². The number of hydrogen-bond donors (Lipinski definition) is 3. The maximum Gasteiger partial charge on any atom is 0.251 e. The SMILES string of the molecule is CC(CC(N)=NO)NC(=O)c1ccc2c(c1)OCCO2. The summed E-state index contributed by atoms with van der Waals surface area (Å²) in [5, 5.41) is 14.1. The standard InChI is InChI=1S/C13H17N3O4/c1-8(6-12(14)16-18)15-13(17)9-2-3-10-11(7-9)20-5-4-19-10/h2-3,7-8,18H,4-6H2,1H3,(H2,14,16)(H,15,17). The largest absolute Gasteiger partial charge is 0.486 e. The molecule has 4 N–H and O–H groups in total. The fourth-order valence-electron chi connectivity index (χ4n) is 1.90. The number of fused-ring (bicyclic) bond motifs is 1. The van der Waals surface area contributed by atoms with Crippen molar-refractivity contribution < 1.29 is 19.5 Å². The van der Waals surface area contributed by atoms with Gasteiger partial charge in [-0.05, 0) is 25.1 Å². The van der Waals surface area contributed by atoms with E-state index in [1.165, 1.54) is 0 Å². The first-order valence-electron chi connectivity index (χ1n) is 6.27. The molecule has 0 aliphatic carbocycles. The van der Waals surface area contributed by atoms with Crippen molar-refractivity contribution in [2.45, 2.75) is 19.4 Å². The Labute approximate surface area is 116 Å². The molecule has 1 atom stereocenters. The molecular weight excluding hydrogens is 262 g/mol. The third-order valence-corrected chi connectivity index (χ3v) is 2.83. The molecule has 0 aromatic heterocycles. The molecule has 1 unspecified atom stereocenters. The zero-order valence-corrected chi connectivity index (χ0v) is 11.1. The van der Waals surface area contributed by atoms with Crippen LogP contribution in [0.2, 0.25) is 0 Å². The van der Waals surface area contributed by atoms with E-state index in [1.807, 2.05) is 0 Å². The van der Waals surface area contributed by atoms with Crippen LogP contribution in [0.5, 0.6) is 11.5 Å². The van der Waals surface area contributed by atoms with Crippen molar-refractivity contribution in [1.82, 2.24) is 5.32 Å². The minimum Gasteiger partial charge on any atom is -0.486 e. The van der Waals surface area contributed by atoms with E-state index in [0.717, 1.165) is 0 Å². The molecule has 7 heteroatoms. The monoisotopic (exact) mass is 279 g/mol. The van der Waals surface area contributed by atoms with Crippen molar-refractivity contribution in [3.63, 3.8) is 0 Å². The van der Waals surface area contributed by atoms with Crippen LogP contribution in [0.25, 0.3) is 0 Å². The number of carbonyl (C=O) groups is 1. The van der Waals surface area contributed by atoms with Gasteiger partial charge >= 0.3 is 0 Å². The van der Waals surface area contributed by atoms with Gasteiger partial charge in [0.1, 0.15) is 19.0 Å². The lowest BCUT2D eigenvalue weighted by molar-refractivity contribution is 0.0940. The van der Waals surface area contributed by atoms with Crippen molar-refractivity contribution in [2.75, 3.05) is 13.2 Å². The first-order chi connectivity index (χ1) is 9.60. The van der Waals surface area contributed by atoms with Crippen LogP contribution in [0.15, 0.2) is 23.4 Å². The maximum absolute atomic E-state index is 12.1. The van der Waals surface area contributed by atoms with Gasteiger partial charge in [0.05, 0.1) is 0 Å². The number of carbonyl (C=O) groups excluding carboxylic acids is 1. The quantitative estimate of drug-likeness (QED) is 0.326. The second-order valence-corrected chi connectivity index (χ2v) is 4.53. The summed E-state index contributed by atoms with van der Waals surface area (Å²) in [6.45, 7) is 2.75. The molecule has 1 aliphatic rings. The molecular formula is C13H17N3O4. The number of hydrogen-bond acceptors (Lipinski definition) is 5. The van der Waals surface area contributed by atoms with E-state index in [-0.39, 0.29) is 24.2 Å². The van der Waals surface area contributed by atoms with Crippen molar-refractivity contribution in [3.05, 3.63) is 23.8 Å². The molecule has 0 saturated heterocycles. The summed E-state index contributed by atoms with van der Waals surface area (Å²) in [6.07, 6.45) is 0.271. The smallest absolute Gasteiger partial charge is 0.251 e. The topological polar surface area (TPSA) is 106 Å². The van der Waals surface area contributed by atoms with Crippen molar-refractivity contribution in [1.29, 1.82) is 0 Å². The van der Waals surface area contributed by atoms with Crippen molar-refractivity contribution in [3.8, 4) is 11.5 Å². The van der Waals surface area contributed by atoms with Crippen LogP contribution in [0.1, 0.15) is 23.7 Å². The molecule has 0 fully saturated rings. The summed E-state index contributed by atoms with van der Waals surface area (Å²) in [5.41, 5.74) is 5.86. The third-order valence-electron chi connectivity index (χ3n) is 2.83. The summed E-state index contributed by atoms with van der Waals surface area (Å²) in [7, 11) is 0. The van der Waals surface area contributed by atoms with E-state index < -0.39 is 0 Å². The molecule has 1 aromatic rings. The van der Waals surface area contributed by atoms with Crippen molar-refractivity contribution >= 4 is 11.7 Å². The lowest BCUT2D eigenvalue weighted by atomic mass is 10.1. The Morgan fingerprint density at radius 1 is 1.45 bits per heavy atom. The highest BCUT2D eigenvalue weighted by atomic mass is 16.6. The van der Waals surface area contributed by atoms with E-state index in [4.69, 9.17) is 20.4 Å². The van der Waals surface area contributed by atoms with E-state index >= 15 is 0 Å². The average molecular weight is 279 g/mol. The lowest BCUT2D eigenvalue weighted by Gasteiger charge is -2.19. The minimum absolute atomic E-state index is 0.0694. The Balaban J connectivity index is 2.02. The number of amidine groups is 1. The van der Waals surface area contributed by atoms with Gasteiger partial charge in [-0.15, -0.1) is 0 Å². The molecule has 1 aromatic carbocycles. The molecule has 1 amide bonds. The molecule has 1 heterocycles. The number of nitrogens with zero attached hydrogens (tertiary/aromatic N) is 1. The number of ether oxygens (including phenoxy) is 2. The summed E-state index contributed by atoms with van der Waals surface area (Å²) >= 11 is 0. The Morgan fingerprint density at radius 2 is 2.15 bits per heavy atom. The van der Waals surface area contributed by atoms with E-state index in [1.54, 1.807) is 25.1 Å². The van der Waals surface area contributed by atoms with Crippen LogP contribution < -0.4 is 20.5 Å². The van der Waals surface area contributed by atoms with E-state index in [0.29, 0.717) is 30.3 Å². The van der Waals surface area contributed by atoms with Gasteiger partial charge in [-0.3, -0.25) is 4.79 Å². The highest BCUT2D eigenvalue weighted by Crippen LogP contribution is 2.30. The zero-order valence-electron chi connectivity index (χ0n) is 11.1. The van der Waals surface area contributed by atoms with Gasteiger partial charge in [0.25, 0.3) is 5.91 Å². The molecule has 1 aliphatic heterocycles. The summed E-state index contributed by atoms with van der Waals surface area (Å²) in [4.78, 5) is 12.1. The van der Waals surface area contributed by atoms with Crippen LogP contribution >= 0.6 is 0 Å². The molecule has 20 heavy (non-hydrogen) atoms. The van der Waals surface area contributed by atoms with Crippen LogP contribution in [-0.2, 0) is 0 Å². The first-order valence-corrected chi connectivity index (χ1v) is 6.27. The van der Waals surface area contributed by atoms with Crippen LogP contribution in [0.4, 0.5) is 0 Å². The Hall–Kier alpha value is -2.44. The molecule has 2 rings (SSSR count). The van der Waals surface area contributed by atoms with Crippen LogP contribution in [0.3, 0.4) is 0 Å². The highest BCUT2D eigenvalue weighted by molar-refractivity contribution is 5.95. The Bertz CT molecular complexity index is 530. The van der Waals surface area contributed by atoms with Gasteiger partial charge in [0, 0.05) is 18.0 Å². The first kappa shape index (κ1) is 14.0. The highest BCUT2D eigenvalue weighted by Gasteiger charge is 2.16. The Morgan fingerprint density at radius 3 is 2.85 bits per heavy atom. The van der Waals surface area contributed by atoms with Gasteiger partial charge in [0.2, 0.25) is 0 Å². The van der Waals surface area contributed by atoms with Crippen LogP contribution in [0, 0.1) is 0 Å². The number of nitrogens with two attached hydrogens (primary N) is 1. The van der Waals surface area contributed by atoms with E-state index in [2.05, 4.69) is 10.5 Å². The van der Waals surface area contributed by atoms with E-state index in [9.17, 15) is 4.79 Å². The van der Waals surface area contributed by atoms with Crippen molar-refractivity contribution in [2.24, 2.45) is 10.9 Å². The Kier molecular flexibility index (Phi) is 4.29. The number of amides is 1. The van der Waals surface area contributed by atoms with Gasteiger partial charge in [0.15, 0.2) is 11.5 Å². The van der Waals surface area contributed by atoms with Gasteiger partial charge in [-0.1, -0.05) is 5.16 Å². The predicted molar refractivity (Wildman–Crippen MR) is 72.4 cm³/mol. The summed E-state index contributed by atoms with van der Waals surface area (Å²) in [5.74, 6) is 1.02. The lowest BCUT2D eigenvalue weighted by Crippen LogP contribution is -2.35. The zero-order chi connectivity index (χ0) is 14.5. The molecule has 0 radical (unpaired) electrons. The average Bonchev–Trinajstić information content (AvgIpc) is 2.46. The number of rotatable bonds is 4. The number of oxime groups is 1. The van der Waals surface area contributed by atoms with Gasteiger partial charge < -0.3 is 25.7 Å². The molecule has 0 spiro atoms. The molecule has 7 nitrogen and oxygen atoms in total. The second kappa shape index (κ2) is 6.14. The fourth-order valence-corrected chi connectivity index (χ4v) is 1.90. The van der Waals surface area contributed by atoms with Gasteiger partial charge in [-0.2, -0.15) is 0 Å². The third kappa shape index (κ3) is 3.31. The molecule has 108 valence electrons. The second-order valence-electron chi connectivity index (χ2n) is 4.53. The predicted octanol–water partition coefficient (Wildman–Crippen LogP) is 0.713. The van der Waals surface area contributed by atoms with Crippen LogP contribution in [-0.4, -0.2) is 36.2 Å². The number of nitrogens with one attached hydrogen (secondary N) is 1. The minimum atomic E-state index is -0.250. The normalized spacial score (nSPS) is 15.6. The molecule has 0 bridgehead atoms. The summed E-state index contributed by atoms with van der Waals surface area (Å²) < 4.78 is 10.8. The fraction of sp³-hybridized carbons (Fsp3) is 0.385. The maximum atomic E-state index is 12.1. The molecule has 0 saturated carbocycles. The summed E-state index contributed by atoms with van der Waals surface area (Å²) in [6, 6.07) is 4.77.